The van der Waals surface area contributed by atoms with E-state index in [9.17, 15) is 5.11 Å². The Morgan fingerprint density at radius 3 is 2.82 bits per heavy atom. The molecule has 0 aliphatic heterocycles. The Bertz CT molecular complexity index is 541. The number of nitrogens with zero attached hydrogens (tertiary/aromatic N) is 1. The summed E-state index contributed by atoms with van der Waals surface area (Å²) < 4.78 is 5.23. The van der Waals surface area contributed by atoms with Gasteiger partial charge in [0.15, 0.2) is 0 Å². The van der Waals surface area contributed by atoms with Gasteiger partial charge in [0.05, 0.1) is 17.2 Å². The summed E-state index contributed by atoms with van der Waals surface area (Å²) in [7, 11) is 1.69. The van der Waals surface area contributed by atoms with Crippen molar-refractivity contribution in [2.75, 3.05) is 7.11 Å². The van der Waals surface area contributed by atoms with Crippen LogP contribution in [0.25, 0.3) is 10.9 Å². The highest BCUT2D eigenvalue weighted by atomic mass is 16.5. The smallest absolute Gasteiger partial charge is 0.0966 e. The molecule has 0 bridgehead atoms. The van der Waals surface area contributed by atoms with Crippen molar-refractivity contribution in [2.24, 2.45) is 0 Å². The first-order chi connectivity index (χ1) is 8.23. The zero-order valence-electron chi connectivity index (χ0n) is 9.76. The van der Waals surface area contributed by atoms with Crippen LogP contribution in [0.2, 0.25) is 0 Å². The van der Waals surface area contributed by atoms with Crippen molar-refractivity contribution in [2.45, 2.75) is 24.5 Å². The van der Waals surface area contributed by atoms with Crippen molar-refractivity contribution in [1.29, 1.82) is 0 Å². The lowest BCUT2D eigenvalue weighted by atomic mass is 9.72. The fraction of sp³-hybridized carbons (Fsp3) is 0.357. The molecule has 0 saturated heterocycles. The van der Waals surface area contributed by atoms with E-state index in [-0.39, 0.29) is 6.10 Å². The van der Waals surface area contributed by atoms with Crippen LogP contribution in [0, 0.1) is 0 Å². The van der Waals surface area contributed by atoms with Gasteiger partial charge >= 0.3 is 0 Å². The second-order valence-corrected chi connectivity index (χ2v) is 4.68. The van der Waals surface area contributed by atoms with E-state index >= 15 is 0 Å². The van der Waals surface area contributed by atoms with Crippen molar-refractivity contribution in [3.63, 3.8) is 0 Å². The SMILES string of the molecule is COC1CC(O)(c2cccc3cccnc23)C1. The third-order valence-electron chi connectivity index (χ3n) is 3.60. The molecule has 0 radical (unpaired) electrons. The normalized spacial score (nSPS) is 28.0. The Hall–Kier alpha value is -1.45. The van der Waals surface area contributed by atoms with Crippen LogP contribution in [0.5, 0.6) is 0 Å². The Balaban J connectivity index is 2.07. The largest absolute Gasteiger partial charge is 0.385 e. The molecular formula is C14H15NO2. The maximum atomic E-state index is 10.6. The van der Waals surface area contributed by atoms with E-state index in [0.29, 0.717) is 12.8 Å². The molecule has 0 amide bonds. The topological polar surface area (TPSA) is 42.4 Å². The predicted octanol–water partition coefficient (Wildman–Crippen LogP) is 2.23. The van der Waals surface area contributed by atoms with Crippen molar-refractivity contribution in [3.05, 3.63) is 42.1 Å². The predicted molar refractivity (Wildman–Crippen MR) is 65.7 cm³/mol. The van der Waals surface area contributed by atoms with Crippen molar-refractivity contribution in [3.8, 4) is 0 Å². The molecule has 1 aromatic heterocycles. The number of para-hydroxylation sites is 1. The van der Waals surface area contributed by atoms with Gasteiger partial charge in [-0.15, -0.1) is 0 Å². The van der Waals surface area contributed by atoms with E-state index in [0.717, 1.165) is 16.5 Å². The van der Waals surface area contributed by atoms with Crippen LogP contribution in [0.1, 0.15) is 18.4 Å². The fourth-order valence-electron chi connectivity index (χ4n) is 2.56. The molecule has 1 saturated carbocycles. The van der Waals surface area contributed by atoms with E-state index in [1.807, 2.05) is 30.3 Å². The lowest BCUT2D eigenvalue weighted by molar-refractivity contribution is -0.132. The molecule has 2 aromatic rings. The summed E-state index contributed by atoms with van der Waals surface area (Å²) in [5.41, 5.74) is 1.05. The van der Waals surface area contributed by atoms with Gasteiger partial charge in [-0.1, -0.05) is 24.3 Å². The van der Waals surface area contributed by atoms with Gasteiger partial charge in [0.25, 0.3) is 0 Å². The first-order valence-corrected chi connectivity index (χ1v) is 5.82. The lowest BCUT2D eigenvalue weighted by Crippen LogP contribution is -2.45. The molecule has 0 atom stereocenters. The summed E-state index contributed by atoms with van der Waals surface area (Å²) in [4.78, 5) is 4.38. The van der Waals surface area contributed by atoms with E-state index in [1.165, 1.54) is 0 Å². The molecule has 17 heavy (non-hydrogen) atoms. The number of fused-ring (bicyclic) bond motifs is 1. The lowest BCUT2D eigenvalue weighted by Gasteiger charge is -2.43. The monoisotopic (exact) mass is 229 g/mol. The zero-order valence-corrected chi connectivity index (χ0v) is 9.76. The third kappa shape index (κ3) is 1.63. The van der Waals surface area contributed by atoms with Crippen molar-refractivity contribution >= 4 is 10.9 Å². The summed E-state index contributed by atoms with van der Waals surface area (Å²) >= 11 is 0. The van der Waals surface area contributed by atoms with Gasteiger partial charge in [-0.05, 0) is 6.07 Å². The summed E-state index contributed by atoms with van der Waals surface area (Å²) in [5.74, 6) is 0. The molecule has 1 heterocycles. The van der Waals surface area contributed by atoms with Crippen LogP contribution in [0.4, 0.5) is 0 Å². The van der Waals surface area contributed by atoms with Crippen LogP contribution in [-0.4, -0.2) is 23.3 Å². The summed E-state index contributed by atoms with van der Waals surface area (Å²) in [6.45, 7) is 0. The highest BCUT2D eigenvalue weighted by molar-refractivity contribution is 5.82. The molecule has 3 rings (SSSR count). The molecule has 3 heteroatoms. The molecule has 1 aromatic carbocycles. The number of pyridine rings is 1. The van der Waals surface area contributed by atoms with E-state index in [4.69, 9.17) is 4.74 Å². The minimum Gasteiger partial charge on any atom is -0.385 e. The van der Waals surface area contributed by atoms with Gasteiger partial charge in [0.2, 0.25) is 0 Å². The zero-order chi connectivity index (χ0) is 11.9. The Labute approximate surface area is 100 Å². The Kier molecular flexibility index (Phi) is 2.38. The van der Waals surface area contributed by atoms with Crippen LogP contribution >= 0.6 is 0 Å². The standard InChI is InChI=1S/C14H15NO2/c1-17-11-8-14(16,9-11)12-6-2-4-10-5-3-7-15-13(10)12/h2-7,11,16H,8-9H2,1H3. The maximum Gasteiger partial charge on any atom is 0.0966 e. The number of hydrogen-bond donors (Lipinski definition) is 1. The molecule has 1 fully saturated rings. The summed E-state index contributed by atoms with van der Waals surface area (Å²) in [6, 6.07) is 9.87. The van der Waals surface area contributed by atoms with Crippen LogP contribution in [0.15, 0.2) is 36.5 Å². The van der Waals surface area contributed by atoms with Gasteiger partial charge in [0.1, 0.15) is 0 Å². The third-order valence-corrected chi connectivity index (χ3v) is 3.60. The molecule has 1 N–H and O–H groups in total. The Morgan fingerprint density at radius 2 is 2.06 bits per heavy atom. The molecule has 1 aliphatic carbocycles. The first kappa shape index (κ1) is 10.7. The number of ether oxygens (including phenoxy) is 1. The number of aliphatic hydroxyl groups is 1. The van der Waals surface area contributed by atoms with Crippen LogP contribution in [-0.2, 0) is 10.3 Å². The quantitative estimate of drug-likeness (QED) is 0.858. The van der Waals surface area contributed by atoms with Gasteiger partial charge in [-0.2, -0.15) is 0 Å². The van der Waals surface area contributed by atoms with Crippen molar-refractivity contribution in [1.82, 2.24) is 4.98 Å². The molecule has 88 valence electrons. The molecule has 1 aliphatic rings. The molecule has 0 spiro atoms. The number of benzene rings is 1. The second-order valence-electron chi connectivity index (χ2n) is 4.68. The summed E-state index contributed by atoms with van der Waals surface area (Å²) in [6.07, 6.45) is 3.24. The van der Waals surface area contributed by atoms with Crippen LogP contribution in [0.3, 0.4) is 0 Å². The maximum absolute atomic E-state index is 10.6. The fourth-order valence-corrected chi connectivity index (χ4v) is 2.56. The van der Waals surface area contributed by atoms with Gasteiger partial charge in [0, 0.05) is 37.1 Å². The van der Waals surface area contributed by atoms with E-state index in [1.54, 1.807) is 13.3 Å². The van der Waals surface area contributed by atoms with Crippen molar-refractivity contribution < 1.29 is 9.84 Å². The minimum atomic E-state index is -0.769. The molecule has 0 unspecified atom stereocenters. The number of aromatic nitrogens is 1. The van der Waals surface area contributed by atoms with Gasteiger partial charge in [-0.3, -0.25) is 4.98 Å². The number of rotatable bonds is 2. The summed E-state index contributed by atoms with van der Waals surface area (Å²) in [5, 5.41) is 11.6. The number of hydrogen-bond acceptors (Lipinski definition) is 3. The van der Waals surface area contributed by atoms with E-state index in [2.05, 4.69) is 4.98 Å². The molecule has 3 nitrogen and oxygen atoms in total. The highest BCUT2D eigenvalue weighted by Gasteiger charge is 2.45. The van der Waals surface area contributed by atoms with Gasteiger partial charge < -0.3 is 9.84 Å². The average molecular weight is 229 g/mol. The average Bonchev–Trinajstić information content (AvgIpc) is 2.34. The van der Waals surface area contributed by atoms with Crippen LogP contribution < -0.4 is 0 Å². The highest BCUT2D eigenvalue weighted by Crippen LogP contribution is 2.44. The first-order valence-electron chi connectivity index (χ1n) is 5.82. The van der Waals surface area contributed by atoms with E-state index < -0.39 is 5.60 Å². The Morgan fingerprint density at radius 1 is 1.29 bits per heavy atom. The second kappa shape index (κ2) is 3.79. The minimum absolute atomic E-state index is 0.166. The van der Waals surface area contributed by atoms with Gasteiger partial charge in [-0.25, -0.2) is 0 Å². The number of methoxy groups -OCH3 is 1. The molecular weight excluding hydrogens is 214 g/mol.